The molecule has 2 N–H and O–H groups in total. The first-order valence-corrected chi connectivity index (χ1v) is 10.4. The van der Waals surface area contributed by atoms with E-state index < -0.39 is 22.1 Å². The third-order valence-corrected chi connectivity index (χ3v) is 5.74. The van der Waals surface area contributed by atoms with Crippen LogP contribution < -0.4 is 10.0 Å². The predicted molar refractivity (Wildman–Crippen MR) is 97.1 cm³/mol. The molecule has 1 aromatic carbocycles. The molecule has 0 radical (unpaired) electrons. The zero-order chi connectivity index (χ0) is 19.2. The summed E-state index contributed by atoms with van der Waals surface area (Å²) in [5.41, 5.74) is 2.28. The summed E-state index contributed by atoms with van der Waals surface area (Å²) in [6.07, 6.45) is 3.03. The highest BCUT2D eigenvalue weighted by atomic mass is 32.2. The van der Waals surface area contributed by atoms with E-state index in [1.54, 1.807) is 19.1 Å². The van der Waals surface area contributed by atoms with Gasteiger partial charge in [0.05, 0.1) is 11.3 Å². The Labute approximate surface area is 154 Å². The molecule has 0 heterocycles. The Morgan fingerprint density at radius 2 is 1.88 bits per heavy atom. The Balaban J connectivity index is 1.86. The van der Waals surface area contributed by atoms with Crippen LogP contribution in [0, 0.1) is 0 Å². The summed E-state index contributed by atoms with van der Waals surface area (Å²) < 4.78 is 32.2. The van der Waals surface area contributed by atoms with Crippen LogP contribution in [0.25, 0.3) is 0 Å². The van der Waals surface area contributed by atoms with Crippen molar-refractivity contribution in [1.29, 1.82) is 0 Å². The van der Waals surface area contributed by atoms with Crippen LogP contribution in [0.1, 0.15) is 44.2 Å². The van der Waals surface area contributed by atoms with Crippen LogP contribution in [0.2, 0.25) is 0 Å². The lowest BCUT2D eigenvalue weighted by molar-refractivity contribution is -0.154. The minimum atomic E-state index is -3.68. The first kappa shape index (κ1) is 20.4. The maximum absolute atomic E-state index is 12.4. The van der Waals surface area contributed by atoms with Gasteiger partial charge in [-0.15, -0.1) is 0 Å². The lowest BCUT2D eigenvalue weighted by atomic mass is 9.92. The zero-order valence-electron chi connectivity index (χ0n) is 15.2. The molecule has 7 nitrogen and oxygen atoms in total. The standard InChI is InChI=1S/C18H26N2O5S/c1-3-19-18(22)13(2)25-17(21)10-11-20-26(23,24)16-9-8-14-6-4-5-7-15(14)12-16/h8-9,12-13,20H,3-7,10-11H2,1-2H3,(H,19,22)/t13-/m0/s1. The van der Waals surface area contributed by atoms with E-state index in [0.29, 0.717) is 6.54 Å². The average Bonchev–Trinajstić information content (AvgIpc) is 2.61. The Morgan fingerprint density at radius 1 is 1.19 bits per heavy atom. The zero-order valence-corrected chi connectivity index (χ0v) is 16.0. The number of benzene rings is 1. The number of fused-ring (bicyclic) bond motifs is 1. The third-order valence-electron chi connectivity index (χ3n) is 4.28. The molecule has 0 bridgehead atoms. The number of esters is 1. The van der Waals surface area contributed by atoms with Gasteiger partial charge in [-0.1, -0.05) is 6.07 Å². The lowest BCUT2D eigenvalue weighted by Gasteiger charge is -2.17. The van der Waals surface area contributed by atoms with Crippen molar-refractivity contribution >= 4 is 21.9 Å². The van der Waals surface area contributed by atoms with Crippen LogP contribution >= 0.6 is 0 Å². The van der Waals surface area contributed by atoms with Gasteiger partial charge in [-0.2, -0.15) is 0 Å². The maximum Gasteiger partial charge on any atom is 0.307 e. The number of hydrogen-bond donors (Lipinski definition) is 2. The van der Waals surface area contributed by atoms with Crippen molar-refractivity contribution in [2.24, 2.45) is 0 Å². The van der Waals surface area contributed by atoms with E-state index in [1.165, 1.54) is 12.5 Å². The number of hydrogen-bond acceptors (Lipinski definition) is 5. The highest BCUT2D eigenvalue weighted by Gasteiger charge is 2.20. The van der Waals surface area contributed by atoms with Crippen molar-refractivity contribution in [3.63, 3.8) is 0 Å². The van der Waals surface area contributed by atoms with Crippen LogP contribution in [-0.4, -0.2) is 39.5 Å². The Hall–Kier alpha value is -1.93. The average molecular weight is 382 g/mol. The van der Waals surface area contributed by atoms with E-state index in [1.807, 2.05) is 6.07 Å². The summed E-state index contributed by atoms with van der Waals surface area (Å²) in [7, 11) is -3.68. The number of carbonyl (C=O) groups excluding carboxylic acids is 2. The number of likely N-dealkylation sites (N-methyl/N-ethyl adjacent to an activating group) is 1. The number of carbonyl (C=O) groups is 2. The third kappa shape index (κ3) is 5.54. The molecule has 144 valence electrons. The summed E-state index contributed by atoms with van der Waals surface area (Å²) in [5.74, 6) is -1.01. The van der Waals surface area contributed by atoms with Crippen LogP contribution in [0.4, 0.5) is 0 Å². The van der Waals surface area contributed by atoms with Gasteiger partial charge < -0.3 is 10.1 Å². The van der Waals surface area contributed by atoms with Crippen molar-refractivity contribution < 1.29 is 22.7 Å². The van der Waals surface area contributed by atoms with Crippen LogP contribution in [0.5, 0.6) is 0 Å². The van der Waals surface area contributed by atoms with Crippen molar-refractivity contribution in [3.05, 3.63) is 29.3 Å². The molecular weight excluding hydrogens is 356 g/mol. The first-order valence-electron chi connectivity index (χ1n) is 8.92. The normalized spacial score (nSPS) is 15.0. The van der Waals surface area contributed by atoms with E-state index in [9.17, 15) is 18.0 Å². The van der Waals surface area contributed by atoms with E-state index >= 15 is 0 Å². The van der Waals surface area contributed by atoms with Crippen LogP contribution in [0.3, 0.4) is 0 Å². The smallest absolute Gasteiger partial charge is 0.307 e. The molecule has 1 amide bonds. The second kappa shape index (κ2) is 9.14. The molecule has 8 heteroatoms. The van der Waals surface area contributed by atoms with Crippen molar-refractivity contribution in [2.75, 3.05) is 13.1 Å². The summed E-state index contributed by atoms with van der Waals surface area (Å²) in [4.78, 5) is 23.5. The Kier molecular flexibility index (Phi) is 7.16. The highest BCUT2D eigenvalue weighted by Crippen LogP contribution is 2.23. The number of amides is 1. The molecule has 0 aromatic heterocycles. The molecule has 0 spiro atoms. The molecular formula is C18H26N2O5S. The van der Waals surface area contributed by atoms with Crippen LogP contribution in [0.15, 0.2) is 23.1 Å². The number of rotatable bonds is 8. The Morgan fingerprint density at radius 3 is 2.58 bits per heavy atom. The highest BCUT2D eigenvalue weighted by molar-refractivity contribution is 7.89. The number of nitrogens with one attached hydrogen (secondary N) is 2. The molecule has 26 heavy (non-hydrogen) atoms. The van der Waals surface area contributed by atoms with Gasteiger partial charge in [-0.05, 0) is 62.8 Å². The number of sulfonamides is 1. The van der Waals surface area contributed by atoms with Crippen molar-refractivity contribution in [3.8, 4) is 0 Å². The van der Waals surface area contributed by atoms with Gasteiger partial charge in [-0.3, -0.25) is 9.59 Å². The van der Waals surface area contributed by atoms with Gasteiger partial charge in [0.15, 0.2) is 6.10 Å². The minimum absolute atomic E-state index is 0.0830. The predicted octanol–water partition coefficient (Wildman–Crippen LogP) is 1.30. The molecule has 1 aliphatic rings. The topological polar surface area (TPSA) is 102 Å². The molecule has 1 aromatic rings. The fourth-order valence-corrected chi connectivity index (χ4v) is 3.96. The summed E-state index contributed by atoms with van der Waals surface area (Å²) in [6, 6.07) is 5.18. The minimum Gasteiger partial charge on any atom is -0.453 e. The molecule has 0 saturated carbocycles. The van der Waals surface area contributed by atoms with Crippen molar-refractivity contribution in [1.82, 2.24) is 10.0 Å². The van der Waals surface area contributed by atoms with E-state index in [2.05, 4.69) is 10.0 Å². The number of aryl methyl sites for hydroxylation is 2. The molecule has 0 unspecified atom stereocenters. The maximum atomic E-state index is 12.4. The Bertz CT molecular complexity index is 761. The van der Waals surface area contributed by atoms with Crippen molar-refractivity contribution in [2.45, 2.75) is 57.0 Å². The van der Waals surface area contributed by atoms with E-state index in [0.717, 1.165) is 31.2 Å². The second-order valence-electron chi connectivity index (χ2n) is 6.31. The van der Waals surface area contributed by atoms with Gasteiger partial charge in [0.1, 0.15) is 0 Å². The molecule has 0 fully saturated rings. The quantitative estimate of drug-likeness (QED) is 0.660. The SMILES string of the molecule is CCNC(=O)[C@H](C)OC(=O)CCNS(=O)(=O)c1ccc2c(c1)CCCC2. The first-order chi connectivity index (χ1) is 12.3. The van der Waals surface area contributed by atoms with E-state index in [-0.39, 0.29) is 23.8 Å². The fraction of sp³-hybridized carbons (Fsp3) is 0.556. The lowest BCUT2D eigenvalue weighted by Crippen LogP contribution is -2.36. The van der Waals surface area contributed by atoms with Gasteiger partial charge in [0.25, 0.3) is 5.91 Å². The largest absolute Gasteiger partial charge is 0.453 e. The van der Waals surface area contributed by atoms with E-state index in [4.69, 9.17) is 4.74 Å². The number of ether oxygens (including phenoxy) is 1. The summed E-state index contributed by atoms with van der Waals surface area (Å²) >= 11 is 0. The van der Waals surface area contributed by atoms with Gasteiger partial charge in [0.2, 0.25) is 10.0 Å². The van der Waals surface area contributed by atoms with Gasteiger partial charge >= 0.3 is 5.97 Å². The summed E-state index contributed by atoms with van der Waals surface area (Å²) in [6.45, 7) is 3.60. The monoisotopic (exact) mass is 382 g/mol. The second-order valence-corrected chi connectivity index (χ2v) is 8.08. The molecule has 0 aliphatic heterocycles. The molecule has 0 saturated heterocycles. The molecule has 1 atom stereocenters. The molecule has 1 aliphatic carbocycles. The van der Waals surface area contributed by atoms with Gasteiger partial charge in [0, 0.05) is 13.1 Å². The summed E-state index contributed by atoms with van der Waals surface area (Å²) in [5, 5.41) is 2.55. The van der Waals surface area contributed by atoms with Crippen LogP contribution in [-0.2, 0) is 37.2 Å². The fourth-order valence-electron chi connectivity index (χ4n) is 2.88. The molecule has 2 rings (SSSR count). The van der Waals surface area contributed by atoms with Gasteiger partial charge in [-0.25, -0.2) is 13.1 Å².